The Hall–Kier alpha value is -0.640. The van der Waals surface area contributed by atoms with Crippen LogP contribution >= 0.6 is 39.1 Å². The van der Waals surface area contributed by atoms with Gasteiger partial charge in [0.1, 0.15) is 11.6 Å². The van der Waals surface area contributed by atoms with Gasteiger partial charge in [-0.1, -0.05) is 23.7 Å². The Balaban J connectivity index is 2.25. The standard InChI is InChI=1S/C14H9BrCl2F2/c15-10-6-8(4-5-14(10)19)12(17)7-9-11(16)2-1-3-13(9)18/h1-6,12H,7H2. The number of alkyl halides is 1. The molecular weight excluding hydrogens is 357 g/mol. The number of hydrogen-bond acceptors (Lipinski definition) is 0. The number of rotatable bonds is 3. The average molecular weight is 366 g/mol. The smallest absolute Gasteiger partial charge is 0.137 e. The third kappa shape index (κ3) is 3.47. The van der Waals surface area contributed by atoms with Crippen LogP contribution in [0.1, 0.15) is 16.5 Å². The SMILES string of the molecule is Fc1ccc(C(Cl)Cc2c(F)cccc2Cl)cc1Br. The van der Waals surface area contributed by atoms with Gasteiger partial charge in [0.2, 0.25) is 0 Å². The molecule has 0 radical (unpaired) electrons. The van der Waals surface area contributed by atoms with Crippen molar-refractivity contribution in [3.63, 3.8) is 0 Å². The summed E-state index contributed by atoms with van der Waals surface area (Å²) in [5.41, 5.74) is 1.07. The molecule has 0 heterocycles. The molecular formula is C14H9BrCl2F2. The summed E-state index contributed by atoms with van der Waals surface area (Å²) < 4.78 is 27.1. The molecule has 2 rings (SSSR count). The Labute approximate surface area is 128 Å². The Bertz CT molecular complexity index is 582. The predicted molar refractivity (Wildman–Crippen MR) is 77.8 cm³/mol. The quantitative estimate of drug-likeness (QED) is 0.593. The van der Waals surface area contributed by atoms with Gasteiger partial charge >= 0.3 is 0 Å². The predicted octanol–water partition coefficient (Wildman–Crippen LogP) is 5.90. The highest BCUT2D eigenvalue weighted by atomic mass is 79.9. The Morgan fingerprint density at radius 1 is 1.11 bits per heavy atom. The molecule has 0 saturated carbocycles. The van der Waals surface area contributed by atoms with E-state index >= 15 is 0 Å². The summed E-state index contributed by atoms with van der Waals surface area (Å²) >= 11 is 15.3. The van der Waals surface area contributed by atoms with Crippen LogP contribution in [0, 0.1) is 11.6 Å². The average Bonchev–Trinajstić information content (AvgIpc) is 2.37. The second kappa shape index (κ2) is 6.21. The minimum atomic E-state index is -0.480. The molecule has 0 spiro atoms. The van der Waals surface area contributed by atoms with Crippen molar-refractivity contribution in [1.82, 2.24) is 0 Å². The fourth-order valence-electron chi connectivity index (χ4n) is 1.73. The van der Waals surface area contributed by atoms with Gasteiger partial charge in [-0.2, -0.15) is 0 Å². The highest BCUT2D eigenvalue weighted by Crippen LogP contribution is 2.31. The Kier molecular flexibility index (Phi) is 4.82. The van der Waals surface area contributed by atoms with E-state index in [0.717, 1.165) is 0 Å². The minimum absolute atomic E-state index is 0.241. The lowest BCUT2D eigenvalue weighted by Crippen LogP contribution is -2.00. The van der Waals surface area contributed by atoms with Gasteiger partial charge in [0.25, 0.3) is 0 Å². The van der Waals surface area contributed by atoms with Crippen LogP contribution in [0.4, 0.5) is 8.78 Å². The van der Waals surface area contributed by atoms with Crippen LogP contribution in [0.25, 0.3) is 0 Å². The molecule has 1 unspecified atom stereocenters. The zero-order valence-electron chi connectivity index (χ0n) is 9.64. The maximum absolute atomic E-state index is 13.7. The third-order valence-electron chi connectivity index (χ3n) is 2.75. The Morgan fingerprint density at radius 2 is 1.84 bits per heavy atom. The second-order valence-corrected chi connectivity index (χ2v) is 5.83. The van der Waals surface area contributed by atoms with Gasteiger partial charge in [-0.25, -0.2) is 8.78 Å². The molecule has 0 bridgehead atoms. The highest BCUT2D eigenvalue weighted by molar-refractivity contribution is 9.10. The topological polar surface area (TPSA) is 0 Å². The largest absolute Gasteiger partial charge is 0.207 e. The molecule has 1 atom stereocenters. The molecule has 0 aliphatic carbocycles. The van der Waals surface area contributed by atoms with Crippen LogP contribution in [-0.4, -0.2) is 0 Å². The number of benzene rings is 2. The molecule has 0 amide bonds. The molecule has 19 heavy (non-hydrogen) atoms. The summed E-state index contributed by atoms with van der Waals surface area (Å²) in [6.07, 6.45) is 0.241. The van der Waals surface area contributed by atoms with Crippen molar-refractivity contribution in [2.75, 3.05) is 0 Å². The van der Waals surface area contributed by atoms with Crippen molar-refractivity contribution in [1.29, 1.82) is 0 Å². The van der Waals surface area contributed by atoms with E-state index < -0.39 is 5.38 Å². The van der Waals surface area contributed by atoms with Gasteiger partial charge in [-0.05, 0) is 52.2 Å². The first-order chi connectivity index (χ1) is 8.99. The molecule has 5 heteroatoms. The monoisotopic (exact) mass is 364 g/mol. The fourth-order valence-corrected chi connectivity index (χ4v) is 2.66. The van der Waals surface area contributed by atoms with Gasteiger partial charge in [-0.3, -0.25) is 0 Å². The van der Waals surface area contributed by atoms with Crippen molar-refractivity contribution in [3.8, 4) is 0 Å². The maximum atomic E-state index is 13.7. The number of hydrogen-bond donors (Lipinski definition) is 0. The molecule has 0 N–H and O–H groups in total. The first-order valence-electron chi connectivity index (χ1n) is 5.51. The molecule has 0 aliphatic heterocycles. The molecule has 0 fully saturated rings. The summed E-state index contributed by atoms with van der Waals surface area (Å²) in [4.78, 5) is 0. The van der Waals surface area contributed by atoms with E-state index in [-0.39, 0.29) is 18.1 Å². The van der Waals surface area contributed by atoms with Crippen LogP contribution in [0.3, 0.4) is 0 Å². The summed E-state index contributed by atoms with van der Waals surface area (Å²) in [5, 5.41) is -0.141. The lowest BCUT2D eigenvalue weighted by atomic mass is 10.0. The summed E-state index contributed by atoms with van der Waals surface area (Å²) in [5.74, 6) is -0.754. The van der Waals surface area contributed by atoms with Gasteiger partial charge in [0, 0.05) is 10.6 Å². The van der Waals surface area contributed by atoms with Gasteiger partial charge in [0.05, 0.1) is 9.85 Å². The molecule has 2 aromatic rings. The van der Waals surface area contributed by atoms with Gasteiger partial charge < -0.3 is 0 Å². The summed E-state index contributed by atoms with van der Waals surface area (Å²) in [6, 6.07) is 8.97. The van der Waals surface area contributed by atoms with Crippen LogP contribution < -0.4 is 0 Å². The van der Waals surface area contributed by atoms with Crippen molar-refractivity contribution in [3.05, 3.63) is 68.7 Å². The van der Waals surface area contributed by atoms with Gasteiger partial charge in [0.15, 0.2) is 0 Å². The van der Waals surface area contributed by atoms with Crippen molar-refractivity contribution in [2.24, 2.45) is 0 Å². The van der Waals surface area contributed by atoms with Crippen molar-refractivity contribution < 1.29 is 8.78 Å². The Morgan fingerprint density at radius 3 is 2.47 bits per heavy atom. The minimum Gasteiger partial charge on any atom is -0.207 e. The zero-order valence-corrected chi connectivity index (χ0v) is 12.7. The van der Waals surface area contributed by atoms with E-state index in [1.807, 2.05) is 0 Å². The zero-order chi connectivity index (χ0) is 14.0. The molecule has 0 aromatic heterocycles. The van der Waals surface area contributed by atoms with Crippen molar-refractivity contribution in [2.45, 2.75) is 11.8 Å². The molecule has 0 aliphatic rings. The molecule has 0 nitrogen and oxygen atoms in total. The lowest BCUT2D eigenvalue weighted by molar-refractivity contribution is 0.606. The maximum Gasteiger partial charge on any atom is 0.137 e. The van der Waals surface area contributed by atoms with E-state index in [4.69, 9.17) is 23.2 Å². The highest BCUT2D eigenvalue weighted by Gasteiger charge is 2.15. The van der Waals surface area contributed by atoms with E-state index in [0.29, 0.717) is 20.6 Å². The molecule has 2 aromatic carbocycles. The third-order valence-corrected chi connectivity index (χ3v) is 4.12. The molecule has 100 valence electrons. The van der Waals surface area contributed by atoms with Crippen LogP contribution in [0.2, 0.25) is 5.02 Å². The molecule has 0 saturated heterocycles. The summed E-state index contributed by atoms with van der Waals surface area (Å²) in [7, 11) is 0. The van der Waals surface area contributed by atoms with Gasteiger partial charge in [-0.15, -0.1) is 11.6 Å². The van der Waals surface area contributed by atoms with E-state index in [9.17, 15) is 8.78 Å². The van der Waals surface area contributed by atoms with Crippen LogP contribution in [-0.2, 0) is 6.42 Å². The van der Waals surface area contributed by atoms with E-state index in [1.54, 1.807) is 24.3 Å². The van der Waals surface area contributed by atoms with Crippen LogP contribution in [0.5, 0.6) is 0 Å². The van der Waals surface area contributed by atoms with Crippen molar-refractivity contribution >= 4 is 39.1 Å². The van der Waals surface area contributed by atoms with E-state index in [1.165, 1.54) is 12.1 Å². The van der Waals surface area contributed by atoms with Crippen LogP contribution in [0.15, 0.2) is 40.9 Å². The first kappa shape index (κ1) is 14.8. The van der Waals surface area contributed by atoms with E-state index in [2.05, 4.69) is 15.9 Å². The summed E-state index contributed by atoms with van der Waals surface area (Å²) in [6.45, 7) is 0. The normalized spacial score (nSPS) is 12.5. The number of halogens is 5. The second-order valence-electron chi connectivity index (χ2n) is 4.05. The first-order valence-corrected chi connectivity index (χ1v) is 7.11. The fraction of sp³-hybridized carbons (Fsp3) is 0.143. The lowest BCUT2D eigenvalue weighted by Gasteiger charge is -2.12.